The lowest BCUT2D eigenvalue weighted by molar-refractivity contribution is 0.0589. The number of rotatable bonds is 8. The minimum atomic E-state index is -1.85. The number of aliphatic hydroxyl groups is 1. The molecule has 0 amide bonds. The molecule has 3 rings (SSSR count). The molecule has 7 nitrogen and oxygen atoms in total. The van der Waals surface area contributed by atoms with Gasteiger partial charge in [-0.25, -0.2) is 4.79 Å². The number of carbonyl (C=O) groups excluding carboxylic acids is 1. The molecule has 0 radical (unpaired) electrons. The Morgan fingerprint density at radius 2 is 1.91 bits per heavy atom. The molecule has 0 aliphatic carbocycles. The average molecular weight is 506 g/mol. The first kappa shape index (κ1) is 26.5. The fourth-order valence-corrected chi connectivity index (χ4v) is 5.48. The van der Waals surface area contributed by atoms with Gasteiger partial charge in [-0.15, -0.1) is 0 Å². The van der Waals surface area contributed by atoms with Crippen LogP contribution >= 0.6 is 11.6 Å². The third-order valence-corrected chi connectivity index (χ3v) is 11.9. The number of halogens is 1. The van der Waals surface area contributed by atoms with Gasteiger partial charge in [0.25, 0.3) is 0 Å². The second kappa shape index (κ2) is 9.85. The maximum Gasteiger partial charge on any atom is 0.354 e. The molecule has 0 aliphatic rings. The molecule has 0 bridgehead atoms. The van der Waals surface area contributed by atoms with E-state index in [1.54, 1.807) is 10.9 Å². The maximum absolute atomic E-state index is 12.9. The number of nitrogens with zero attached hydrogens (tertiary/aromatic N) is 3. The van der Waals surface area contributed by atoms with Crippen LogP contribution in [-0.4, -0.2) is 47.5 Å². The van der Waals surface area contributed by atoms with Crippen LogP contribution in [0.4, 0.5) is 0 Å². The lowest BCUT2D eigenvalue weighted by Gasteiger charge is -2.36. The van der Waals surface area contributed by atoms with Gasteiger partial charge in [-0.2, -0.15) is 5.10 Å². The fraction of sp³-hybridized carbons (Fsp3) is 0.520. The maximum atomic E-state index is 12.9. The smallest absolute Gasteiger partial charge is 0.354 e. The topological polar surface area (TPSA) is 78.5 Å². The zero-order valence-electron chi connectivity index (χ0n) is 21.5. The van der Waals surface area contributed by atoms with Crippen LogP contribution in [0.5, 0.6) is 0 Å². The van der Waals surface area contributed by atoms with Gasteiger partial charge in [0.15, 0.2) is 8.32 Å². The van der Waals surface area contributed by atoms with E-state index in [1.807, 2.05) is 30.8 Å². The first-order valence-electron chi connectivity index (χ1n) is 11.5. The molecular weight excluding hydrogens is 470 g/mol. The highest BCUT2D eigenvalue weighted by molar-refractivity contribution is 6.74. The van der Waals surface area contributed by atoms with Gasteiger partial charge in [-0.05, 0) is 42.6 Å². The second-order valence-electron chi connectivity index (χ2n) is 10.2. The Morgan fingerprint density at radius 3 is 2.50 bits per heavy atom. The molecule has 0 aliphatic heterocycles. The Labute approximate surface area is 207 Å². The van der Waals surface area contributed by atoms with Crippen LogP contribution in [0.25, 0.3) is 22.2 Å². The van der Waals surface area contributed by atoms with Crippen molar-refractivity contribution >= 4 is 36.8 Å². The van der Waals surface area contributed by atoms with Gasteiger partial charge in [0.1, 0.15) is 5.69 Å². The lowest BCUT2D eigenvalue weighted by atomic mass is 10.0. The minimum Gasteiger partial charge on any atom is -0.464 e. The quantitative estimate of drug-likeness (QED) is 0.249. The number of ether oxygens (including phenoxy) is 1. The normalized spacial score (nSPS) is 12.5. The van der Waals surface area contributed by atoms with Crippen molar-refractivity contribution in [1.82, 2.24) is 14.3 Å². The van der Waals surface area contributed by atoms with Crippen LogP contribution in [0.3, 0.4) is 0 Å². The number of fused-ring (bicyclic) bond motifs is 1. The Hall–Kier alpha value is -2.13. The third kappa shape index (κ3) is 4.69. The summed E-state index contributed by atoms with van der Waals surface area (Å²) in [7, 11) is 3.20. The number of aromatic nitrogens is 3. The number of methoxy groups -OCH3 is 1. The summed E-state index contributed by atoms with van der Waals surface area (Å²) in [6.45, 7) is 11.6. The fourth-order valence-electron chi connectivity index (χ4n) is 4.15. The van der Waals surface area contributed by atoms with E-state index in [-0.39, 0.29) is 11.6 Å². The number of hydrogen-bond acceptors (Lipinski definition) is 5. The van der Waals surface area contributed by atoms with Crippen LogP contribution in [0.15, 0.2) is 18.3 Å². The molecule has 2 heterocycles. The first-order valence-corrected chi connectivity index (χ1v) is 14.8. The van der Waals surface area contributed by atoms with Crippen LogP contribution in [0.1, 0.15) is 48.8 Å². The van der Waals surface area contributed by atoms with Crippen molar-refractivity contribution in [2.24, 2.45) is 14.1 Å². The van der Waals surface area contributed by atoms with Crippen molar-refractivity contribution in [3.8, 4) is 11.3 Å². The van der Waals surface area contributed by atoms with E-state index in [1.165, 1.54) is 7.11 Å². The minimum absolute atomic E-state index is 0.142. The molecular formula is C25H36ClN3O4Si. The molecule has 1 aromatic carbocycles. The van der Waals surface area contributed by atoms with Gasteiger partial charge in [0.05, 0.1) is 36.1 Å². The van der Waals surface area contributed by atoms with E-state index in [4.69, 9.17) is 20.8 Å². The molecule has 34 heavy (non-hydrogen) atoms. The van der Waals surface area contributed by atoms with Crippen molar-refractivity contribution in [2.75, 3.05) is 13.7 Å². The molecule has 0 fully saturated rings. The monoisotopic (exact) mass is 505 g/mol. The molecule has 0 unspecified atom stereocenters. The van der Waals surface area contributed by atoms with Crippen molar-refractivity contribution in [2.45, 2.75) is 58.4 Å². The van der Waals surface area contributed by atoms with E-state index < -0.39 is 14.3 Å². The SMILES string of the molecule is COC(=O)c1c(CCCO[Si](C)(C)C(C)(C)C)c2ccc(Cl)c(-c3c(CO)cnn3C)c2n1C. The summed E-state index contributed by atoms with van der Waals surface area (Å²) in [5, 5.41) is 15.8. The summed E-state index contributed by atoms with van der Waals surface area (Å²) in [4.78, 5) is 12.9. The van der Waals surface area contributed by atoms with Gasteiger partial charge < -0.3 is 18.8 Å². The van der Waals surface area contributed by atoms with E-state index in [0.29, 0.717) is 29.3 Å². The summed E-state index contributed by atoms with van der Waals surface area (Å²) in [5.74, 6) is -0.395. The van der Waals surface area contributed by atoms with Crippen LogP contribution in [-0.2, 0) is 36.3 Å². The van der Waals surface area contributed by atoms with Crippen LogP contribution in [0.2, 0.25) is 23.2 Å². The molecule has 0 atom stereocenters. The number of aliphatic hydroxyl groups excluding tert-OH is 1. The summed E-state index contributed by atoms with van der Waals surface area (Å²) in [5.41, 5.74) is 4.35. The molecule has 0 saturated carbocycles. The largest absolute Gasteiger partial charge is 0.464 e. The molecule has 0 spiro atoms. The number of carbonyl (C=O) groups is 1. The van der Waals surface area contributed by atoms with Gasteiger partial charge in [-0.1, -0.05) is 38.4 Å². The molecule has 2 aromatic heterocycles. The summed E-state index contributed by atoms with van der Waals surface area (Å²) in [6.07, 6.45) is 3.07. The summed E-state index contributed by atoms with van der Waals surface area (Å²) < 4.78 is 15.1. The molecule has 0 saturated heterocycles. The number of esters is 1. The predicted octanol–water partition coefficient (Wildman–Crippen LogP) is 5.47. The third-order valence-electron chi connectivity index (χ3n) is 7.05. The summed E-state index contributed by atoms with van der Waals surface area (Å²) in [6, 6.07) is 3.79. The Morgan fingerprint density at radius 1 is 1.24 bits per heavy atom. The highest BCUT2D eigenvalue weighted by Gasteiger charge is 2.37. The van der Waals surface area contributed by atoms with Crippen molar-refractivity contribution < 1.29 is 19.1 Å². The van der Waals surface area contributed by atoms with Gasteiger partial charge >= 0.3 is 5.97 Å². The summed E-state index contributed by atoms with van der Waals surface area (Å²) >= 11 is 6.69. The van der Waals surface area contributed by atoms with Crippen molar-refractivity contribution in [3.05, 3.63) is 40.2 Å². The average Bonchev–Trinajstić information content (AvgIpc) is 3.27. The highest BCUT2D eigenvalue weighted by Crippen LogP contribution is 2.41. The standard InChI is InChI=1S/C25H36ClN3O4Si/c1-25(2,3)34(7,8)33-13-9-10-17-18-11-12-19(26)20(21-16(15-30)14-27-29(21)5)22(18)28(4)23(17)24(31)32-6/h11-12,14,30H,9-10,13,15H2,1-8H3. The molecule has 3 aromatic rings. The Kier molecular flexibility index (Phi) is 7.67. The number of aryl methyl sites for hydroxylation is 3. The van der Waals surface area contributed by atoms with Crippen molar-refractivity contribution in [1.29, 1.82) is 0 Å². The zero-order valence-corrected chi connectivity index (χ0v) is 23.2. The second-order valence-corrected chi connectivity index (χ2v) is 15.4. The lowest BCUT2D eigenvalue weighted by Crippen LogP contribution is -2.41. The molecule has 9 heteroatoms. The van der Waals surface area contributed by atoms with E-state index in [2.05, 4.69) is 39.0 Å². The molecule has 186 valence electrons. The highest BCUT2D eigenvalue weighted by atomic mass is 35.5. The molecule has 1 N–H and O–H groups in total. The van der Waals surface area contributed by atoms with Crippen molar-refractivity contribution in [3.63, 3.8) is 0 Å². The Balaban J connectivity index is 2.10. The van der Waals surface area contributed by atoms with Crippen LogP contribution in [0, 0.1) is 0 Å². The zero-order chi connectivity index (χ0) is 25.4. The van der Waals surface area contributed by atoms with Gasteiger partial charge in [0, 0.05) is 37.2 Å². The van der Waals surface area contributed by atoms with Gasteiger partial charge in [0.2, 0.25) is 0 Å². The van der Waals surface area contributed by atoms with Gasteiger partial charge in [-0.3, -0.25) is 4.68 Å². The predicted molar refractivity (Wildman–Crippen MR) is 139 cm³/mol. The first-order chi connectivity index (χ1) is 15.9. The van der Waals surface area contributed by atoms with Crippen LogP contribution < -0.4 is 0 Å². The number of benzene rings is 1. The van der Waals surface area contributed by atoms with E-state index in [9.17, 15) is 9.90 Å². The number of hydrogen-bond donors (Lipinski definition) is 1. The Bertz CT molecular complexity index is 1210. The van der Waals surface area contributed by atoms with E-state index in [0.717, 1.165) is 34.1 Å². The van der Waals surface area contributed by atoms with E-state index >= 15 is 0 Å².